The van der Waals surface area contributed by atoms with Gasteiger partial charge in [-0.05, 0) is 39.2 Å². The van der Waals surface area contributed by atoms with Gasteiger partial charge >= 0.3 is 0 Å². The number of hydrogen-bond donors (Lipinski definition) is 2. The number of aliphatic hydroxyl groups excluding tert-OH is 1. The van der Waals surface area contributed by atoms with Gasteiger partial charge < -0.3 is 15.0 Å². The zero-order valence-corrected chi connectivity index (χ0v) is 11.6. The van der Waals surface area contributed by atoms with Crippen molar-refractivity contribution in [2.45, 2.75) is 58.2 Å². The standard InChI is InChI=1S/C14H25N3O/c1-4-11-5-6-16-12(7-11)14(18)13-8-15-9-17(13)10(2)3/h8-12,14,16,18H,4-7H2,1-3H3. The second-order valence-corrected chi connectivity index (χ2v) is 5.62. The first-order valence-corrected chi connectivity index (χ1v) is 7.06. The Kier molecular flexibility index (Phi) is 4.40. The molecule has 4 heteroatoms. The average molecular weight is 251 g/mol. The Labute approximate surface area is 109 Å². The van der Waals surface area contributed by atoms with Crippen molar-refractivity contribution >= 4 is 0 Å². The van der Waals surface area contributed by atoms with Crippen LogP contribution in [0.2, 0.25) is 0 Å². The highest BCUT2D eigenvalue weighted by Crippen LogP contribution is 2.28. The molecule has 1 saturated heterocycles. The van der Waals surface area contributed by atoms with Gasteiger partial charge in [0.15, 0.2) is 0 Å². The smallest absolute Gasteiger partial charge is 0.111 e. The van der Waals surface area contributed by atoms with Crippen molar-refractivity contribution in [3.05, 3.63) is 18.2 Å². The number of nitrogens with zero attached hydrogens (tertiary/aromatic N) is 2. The first-order valence-electron chi connectivity index (χ1n) is 7.06. The molecule has 0 amide bonds. The number of aliphatic hydroxyl groups is 1. The molecule has 0 spiro atoms. The average Bonchev–Trinajstić information content (AvgIpc) is 2.87. The van der Waals surface area contributed by atoms with Crippen LogP contribution in [-0.4, -0.2) is 27.2 Å². The monoisotopic (exact) mass is 251 g/mol. The first-order chi connectivity index (χ1) is 8.63. The first kappa shape index (κ1) is 13.6. The summed E-state index contributed by atoms with van der Waals surface area (Å²) >= 11 is 0. The van der Waals surface area contributed by atoms with E-state index in [1.165, 1.54) is 12.8 Å². The van der Waals surface area contributed by atoms with E-state index >= 15 is 0 Å². The topological polar surface area (TPSA) is 50.1 Å². The molecule has 1 fully saturated rings. The van der Waals surface area contributed by atoms with Gasteiger partial charge in [0.2, 0.25) is 0 Å². The van der Waals surface area contributed by atoms with Gasteiger partial charge in [-0.15, -0.1) is 0 Å². The zero-order chi connectivity index (χ0) is 13.1. The van der Waals surface area contributed by atoms with Crippen molar-refractivity contribution in [3.63, 3.8) is 0 Å². The lowest BCUT2D eigenvalue weighted by Gasteiger charge is -2.33. The predicted octanol–water partition coefficient (Wildman–Crippen LogP) is 2.28. The fraction of sp³-hybridized carbons (Fsp3) is 0.786. The highest BCUT2D eigenvalue weighted by atomic mass is 16.3. The van der Waals surface area contributed by atoms with E-state index in [1.54, 1.807) is 6.20 Å². The maximum atomic E-state index is 10.6. The second kappa shape index (κ2) is 5.85. The van der Waals surface area contributed by atoms with Crippen LogP contribution in [0.25, 0.3) is 0 Å². The third-order valence-corrected chi connectivity index (χ3v) is 4.06. The van der Waals surface area contributed by atoms with Crippen LogP contribution >= 0.6 is 0 Å². The molecule has 2 N–H and O–H groups in total. The minimum atomic E-state index is -0.454. The lowest BCUT2D eigenvalue weighted by molar-refractivity contribution is 0.0903. The summed E-state index contributed by atoms with van der Waals surface area (Å²) < 4.78 is 2.06. The van der Waals surface area contributed by atoms with Gasteiger partial charge in [0.1, 0.15) is 6.10 Å². The van der Waals surface area contributed by atoms with Gasteiger partial charge in [-0.2, -0.15) is 0 Å². The number of piperidine rings is 1. The fourth-order valence-electron chi connectivity index (χ4n) is 2.83. The Balaban J connectivity index is 2.10. The summed E-state index contributed by atoms with van der Waals surface area (Å²) in [7, 11) is 0. The number of nitrogens with one attached hydrogen (secondary N) is 1. The minimum Gasteiger partial charge on any atom is -0.385 e. The van der Waals surface area contributed by atoms with Gasteiger partial charge in [-0.1, -0.05) is 13.3 Å². The van der Waals surface area contributed by atoms with E-state index in [1.807, 2.05) is 6.33 Å². The molecule has 1 aliphatic heterocycles. The SMILES string of the molecule is CCC1CCNC(C(O)c2cncn2C(C)C)C1. The van der Waals surface area contributed by atoms with Crippen molar-refractivity contribution in [1.82, 2.24) is 14.9 Å². The van der Waals surface area contributed by atoms with Crippen LogP contribution in [0.5, 0.6) is 0 Å². The number of aromatic nitrogens is 2. The lowest BCUT2D eigenvalue weighted by Crippen LogP contribution is -2.42. The van der Waals surface area contributed by atoms with Gasteiger partial charge in [-0.25, -0.2) is 4.98 Å². The Morgan fingerprint density at radius 1 is 1.56 bits per heavy atom. The molecule has 0 bridgehead atoms. The molecule has 1 aromatic rings. The van der Waals surface area contributed by atoms with Crippen LogP contribution in [0.3, 0.4) is 0 Å². The van der Waals surface area contributed by atoms with E-state index in [9.17, 15) is 5.11 Å². The van der Waals surface area contributed by atoms with Crippen LogP contribution in [0.1, 0.15) is 57.9 Å². The minimum absolute atomic E-state index is 0.165. The van der Waals surface area contributed by atoms with Crippen LogP contribution in [0.15, 0.2) is 12.5 Å². The van der Waals surface area contributed by atoms with E-state index in [0.717, 1.165) is 24.6 Å². The number of rotatable bonds is 4. The third-order valence-electron chi connectivity index (χ3n) is 4.06. The number of imidazole rings is 1. The summed E-state index contributed by atoms with van der Waals surface area (Å²) in [5.74, 6) is 0.737. The van der Waals surface area contributed by atoms with Crippen LogP contribution in [0.4, 0.5) is 0 Å². The highest BCUT2D eigenvalue weighted by molar-refractivity contribution is 5.07. The molecule has 0 aliphatic carbocycles. The van der Waals surface area contributed by atoms with E-state index in [-0.39, 0.29) is 6.04 Å². The quantitative estimate of drug-likeness (QED) is 0.863. The van der Waals surface area contributed by atoms with Crippen molar-refractivity contribution in [2.75, 3.05) is 6.54 Å². The molecule has 0 radical (unpaired) electrons. The summed E-state index contributed by atoms with van der Waals surface area (Å²) in [6, 6.07) is 0.501. The molecule has 2 rings (SSSR count). The largest absolute Gasteiger partial charge is 0.385 e. The van der Waals surface area contributed by atoms with Gasteiger partial charge in [-0.3, -0.25) is 0 Å². The Morgan fingerprint density at radius 3 is 3.00 bits per heavy atom. The Morgan fingerprint density at radius 2 is 2.33 bits per heavy atom. The molecule has 0 saturated carbocycles. The molecule has 1 aliphatic rings. The fourth-order valence-corrected chi connectivity index (χ4v) is 2.83. The molecular formula is C14H25N3O. The zero-order valence-electron chi connectivity index (χ0n) is 11.6. The van der Waals surface area contributed by atoms with Crippen molar-refractivity contribution < 1.29 is 5.11 Å². The normalized spacial score (nSPS) is 26.5. The molecule has 2 heterocycles. The molecule has 1 aromatic heterocycles. The van der Waals surface area contributed by atoms with Gasteiger partial charge in [0.25, 0.3) is 0 Å². The molecule has 102 valence electrons. The number of hydrogen-bond acceptors (Lipinski definition) is 3. The van der Waals surface area contributed by atoms with E-state index < -0.39 is 6.10 Å². The Bertz CT molecular complexity index is 375. The van der Waals surface area contributed by atoms with Crippen LogP contribution in [-0.2, 0) is 0 Å². The maximum absolute atomic E-state index is 10.6. The van der Waals surface area contributed by atoms with Crippen LogP contribution in [0, 0.1) is 5.92 Å². The van der Waals surface area contributed by atoms with Crippen molar-refractivity contribution in [3.8, 4) is 0 Å². The summed E-state index contributed by atoms with van der Waals surface area (Å²) in [4.78, 5) is 4.17. The maximum Gasteiger partial charge on any atom is 0.111 e. The summed E-state index contributed by atoms with van der Waals surface area (Å²) in [6.07, 6.45) is 6.63. The summed E-state index contributed by atoms with van der Waals surface area (Å²) in [5.41, 5.74) is 0.930. The van der Waals surface area contributed by atoms with E-state index in [2.05, 4.69) is 35.6 Å². The van der Waals surface area contributed by atoms with Crippen LogP contribution < -0.4 is 5.32 Å². The second-order valence-electron chi connectivity index (χ2n) is 5.62. The lowest BCUT2D eigenvalue weighted by atomic mass is 9.87. The van der Waals surface area contributed by atoms with Gasteiger partial charge in [0.05, 0.1) is 18.2 Å². The summed E-state index contributed by atoms with van der Waals surface area (Å²) in [6.45, 7) is 7.47. The van der Waals surface area contributed by atoms with Crippen molar-refractivity contribution in [1.29, 1.82) is 0 Å². The molecule has 0 aromatic carbocycles. The third kappa shape index (κ3) is 2.75. The van der Waals surface area contributed by atoms with E-state index in [0.29, 0.717) is 6.04 Å². The molecule has 18 heavy (non-hydrogen) atoms. The predicted molar refractivity (Wildman–Crippen MR) is 72.4 cm³/mol. The molecule has 3 atom stereocenters. The highest BCUT2D eigenvalue weighted by Gasteiger charge is 2.29. The molecular weight excluding hydrogens is 226 g/mol. The summed E-state index contributed by atoms with van der Waals surface area (Å²) in [5, 5.41) is 14.0. The molecule has 4 nitrogen and oxygen atoms in total. The van der Waals surface area contributed by atoms with E-state index in [4.69, 9.17) is 0 Å². The van der Waals surface area contributed by atoms with Gasteiger partial charge in [0, 0.05) is 12.1 Å². The Hall–Kier alpha value is -0.870. The van der Waals surface area contributed by atoms with Crippen molar-refractivity contribution in [2.24, 2.45) is 5.92 Å². The molecule has 3 unspecified atom stereocenters.